The van der Waals surface area contributed by atoms with Gasteiger partial charge in [-0.25, -0.2) is 0 Å². The van der Waals surface area contributed by atoms with Crippen LogP contribution in [0.5, 0.6) is 11.5 Å². The number of ether oxygens (including phenoxy) is 1. The Hall–Kier alpha value is -2.41. The largest absolute Gasteiger partial charge is 0.507 e. The lowest BCUT2D eigenvalue weighted by molar-refractivity contribution is -0.139. The summed E-state index contributed by atoms with van der Waals surface area (Å²) in [5.41, 5.74) is -1.15. The molecule has 0 bridgehead atoms. The van der Waals surface area contributed by atoms with Gasteiger partial charge in [-0.3, -0.25) is 4.79 Å². The fraction of sp³-hybridized carbons (Fsp3) is 0.350. The second kappa shape index (κ2) is 8.31. The maximum Gasteiger partial charge on any atom is 0.420 e. The van der Waals surface area contributed by atoms with E-state index in [1.165, 1.54) is 30.3 Å². The molecule has 1 aliphatic rings. The van der Waals surface area contributed by atoms with Crippen molar-refractivity contribution < 1.29 is 27.8 Å². The second-order valence-corrected chi connectivity index (χ2v) is 7.14. The number of rotatable bonds is 4. The fourth-order valence-electron chi connectivity index (χ4n) is 3.18. The lowest BCUT2D eigenvalue weighted by atomic mass is 9.97. The van der Waals surface area contributed by atoms with Crippen molar-refractivity contribution in [2.45, 2.75) is 44.4 Å². The van der Waals surface area contributed by atoms with Crippen LogP contribution in [0, 0.1) is 0 Å². The summed E-state index contributed by atoms with van der Waals surface area (Å²) in [6.45, 7) is 0. The highest BCUT2D eigenvalue weighted by Crippen LogP contribution is 2.39. The number of aromatic hydroxyl groups is 1. The first kappa shape index (κ1) is 20.3. The molecule has 0 atom stereocenters. The molecule has 0 saturated heterocycles. The number of hydrogen-bond acceptors (Lipinski definition) is 3. The smallest absolute Gasteiger partial charge is 0.420 e. The molecular formula is C20H19ClF3NO3. The number of anilines is 1. The summed E-state index contributed by atoms with van der Waals surface area (Å²) in [7, 11) is 0. The Labute approximate surface area is 165 Å². The highest BCUT2D eigenvalue weighted by molar-refractivity contribution is 6.31. The van der Waals surface area contributed by atoms with Crippen LogP contribution in [0.15, 0.2) is 36.4 Å². The van der Waals surface area contributed by atoms with E-state index in [1.807, 2.05) is 0 Å². The third kappa shape index (κ3) is 4.90. The topological polar surface area (TPSA) is 58.6 Å². The van der Waals surface area contributed by atoms with Gasteiger partial charge in [-0.2, -0.15) is 13.2 Å². The van der Waals surface area contributed by atoms with E-state index in [2.05, 4.69) is 5.32 Å². The lowest BCUT2D eigenvalue weighted by Crippen LogP contribution is -2.22. The maximum absolute atomic E-state index is 13.5. The average Bonchev–Trinajstić information content (AvgIpc) is 2.65. The quantitative estimate of drug-likeness (QED) is 0.643. The van der Waals surface area contributed by atoms with Crippen LogP contribution in [-0.4, -0.2) is 17.1 Å². The van der Waals surface area contributed by atoms with Crippen molar-refractivity contribution in [2.24, 2.45) is 0 Å². The molecule has 0 heterocycles. The number of carbonyl (C=O) groups excluding carboxylic acids is 1. The summed E-state index contributed by atoms with van der Waals surface area (Å²) in [6.07, 6.45) is -0.491. The summed E-state index contributed by atoms with van der Waals surface area (Å²) in [5.74, 6) is -1.34. The Bertz CT molecular complexity index is 864. The first-order valence-electron chi connectivity index (χ1n) is 8.92. The number of halogens is 4. The first-order chi connectivity index (χ1) is 13.2. The molecule has 3 rings (SSSR count). The van der Waals surface area contributed by atoms with E-state index in [0.717, 1.165) is 38.2 Å². The third-order valence-electron chi connectivity index (χ3n) is 4.59. The van der Waals surface area contributed by atoms with E-state index in [-0.39, 0.29) is 33.9 Å². The predicted octanol–water partition coefficient (Wildman–Crippen LogP) is 6.03. The average molecular weight is 414 g/mol. The fourth-order valence-corrected chi connectivity index (χ4v) is 3.36. The number of hydrogen-bond donors (Lipinski definition) is 2. The molecule has 2 aromatic carbocycles. The highest BCUT2D eigenvalue weighted by atomic mass is 35.5. The van der Waals surface area contributed by atoms with Crippen molar-refractivity contribution >= 4 is 23.2 Å². The van der Waals surface area contributed by atoms with Crippen molar-refractivity contribution in [1.82, 2.24) is 0 Å². The van der Waals surface area contributed by atoms with Gasteiger partial charge in [-0.15, -0.1) is 0 Å². The van der Waals surface area contributed by atoms with Gasteiger partial charge >= 0.3 is 6.18 Å². The van der Waals surface area contributed by atoms with Gasteiger partial charge in [0.15, 0.2) is 0 Å². The monoisotopic (exact) mass is 413 g/mol. The molecule has 1 saturated carbocycles. The molecule has 150 valence electrons. The number of amides is 1. The van der Waals surface area contributed by atoms with Crippen molar-refractivity contribution in [3.63, 3.8) is 0 Å². The van der Waals surface area contributed by atoms with Gasteiger partial charge in [0, 0.05) is 10.7 Å². The minimum Gasteiger partial charge on any atom is -0.507 e. The predicted molar refractivity (Wildman–Crippen MR) is 100 cm³/mol. The Morgan fingerprint density at radius 3 is 2.50 bits per heavy atom. The van der Waals surface area contributed by atoms with Crippen LogP contribution >= 0.6 is 11.6 Å². The molecule has 1 aliphatic carbocycles. The molecule has 8 heteroatoms. The van der Waals surface area contributed by atoms with Crippen molar-refractivity contribution in [3.8, 4) is 11.5 Å². The van der Waals surface area contributed by atoms with Crippen LogP contribution in [0.4, 0.5) is 18.9 Å². The maximum atomic E-state index is 13.5. The number of carbonyl (C=O) groups is 1. The van der Waals surface area contributed by atoms with E-state index < -0.39 is 17.6 Å². The summed E-state index contributed by atoms with van der Waals surface area (Å²) in [6, 6.07) is 7.25. The van der Waals surface area contributed by atoms with Gasteiger partial charge in [0.05, 0.1) is 17.2 Å². The third-order valence-corrected chi connectivity index (χ3v) is 4.83. The van der Waals surface area contributed by atoms with E-state index >= 15 is 0 Å². The molecule has 0 aromatic heterocycles. The SMILES string of the molecule is O=C(Nc1ccc(OC2CCCCC2)c(C(F)(F)F)c1)c1cc(Cl)ccc1O. The van der Waals surface area contributed by atoms with Crippen LogP contribution < -0.4 is 10.1 Å². The molecule has 0 aliphatic heterocycles. The van der Waals surface area contributed by atoms with E-state index in [1.54, 1.807) is 0 Å². The molecule has 2 N–H and O–H groups in total. The standard InChI is InChI=1S/C20H19ClF3NO3/c21-12-6-8-17(26)15(10-12)19(27)25-13-7-9-18(16(11-13)20(22,23)24)28-14-4-2-1-3-5-14/h6-11,14,26H,1-5H2,(H,25,27). The Morgan fingerprint density at radius 1 is 1.11 bits per heavy atom. The minimum absolute atomic E-state index is 0.0623. The van der Waals surface area contributed by atoms with E-state index in [0.29, 0.717) is 0 Å². The van der Waals surface area contributed by atoms with Crippen LogP contribution in [0.1, 0.15) is 48.0 Å². The molecule has 0 spiro atoms. The Balaban J connectivity index is 1.84. The zero-order valence-corrected chi connectivity index (χ0v) is 15.6. The summed E-state index contributed by atoms with van der Waals surface area (Å²) in [5, 5.41) is 12.3. The zero-order valence-electron chi connectivity index (χ0n) is 14.9. The Morgan fingerprint density at radius 2 is 1.82 bits per heavy atom. The van der Waals surface area contributed by atoms with Crippen molar-refractivity contribution in [2.75, 3.05) is 5.32 Å². The van der Waals surface area contributed by atoms with Crippen molar-refractivity contribution in [1.29, 1.82) is 0 Å². The van der Waals surface area contributed by atoms with E-state index in [9.17, 15) is 23.1 Å². The molecule has 28 heavy (non-hydrogen) atoms. The van der Waals surface area contributed by atoms with Crippen LogP contribution in [0.25, 0.3) is 0 Å². The number of nitrogens with one attached hydrogen (secondary N) is 1. The van der Waals surface area contributed by atoms with Crippen LogP contribution in [0.2, 0.25) is 5.02 Å². The van der Waals surface area contributed by atoms with Crippen LogP contribution in [0.3, 0.4) is 0 Å². The zero-order chi connectivity index (χ0) is 20.3. The summed E-state index contributed by atoms with van der Waals surface area (Å²) in [4.78, 5) is 12.3. The number of phenolic OH excluding ortho intramolecular Hbond substituents is 1. The first-order valence-corrected chi connectivity index (χ1v) is 9.29. The molecular weight excluding hydrogens is 395 g/mol. The van der Waals surface area contributed by atoms with Crippen molar-refractivity contribution in [3.05, 3.63) is 52.5 Å². The summed E-state index contributed by atoms with van der Waals surface area (Å²) >= 11 is 5.81. The van der Waals surface area contributed by atoms with Gasteiger partial charge in [0.2, 0.25) is 0 Å². The molecule has 0 unspecified atom stereocenters. The lowest BCUT2D eigenvalue weighted by Gasteiger charge is -2.25. The van der Waals surface area contributed by atoms with E-state index in [4.69, 9.17) is 16.3 Å². The van der Waals surface area contributed by atoms with Gasteiger partial charge in [0.25, 0.3) is 5.91 Å². The second-order valence-electron chi connectivity index (χ2n) is 6.70. The van der Waals surface area contributed by atoms with Gasteiger partial charge in [0.1, 0.15) is 11.5 Å². The number of benzene rings is 2. The molecule has 2 aromatic rings. The number of phenols is 1. The number of alkyl halides is 3. The Kier molecular flexibility index (Phi) is 6.03. The summed E-state index contributed by atoms with van der Waals surface area (Å²) < 4.78 is 46.1. The highest BCUT2D eigenvalue weighted by Gasteiger charge is 2.35. The molecule has 1 amide bonds. The van der Waals surface area contributed by atoms with Gasteiger partial charge < -0.3 is 15.2 Å². The minimum atomic E-state index is -4.64. The normalized spacial score (nSPS) is 15.3. The van der Waals surface area contributed by atoms with Gasteiger partial charge in [-0.1, -0.05) is 18.0 Å². The van der Waals surface area contributed by atoms with Gasteiger partial charge in [-0.05, 0) is 62.1 Å². The molecule has 4 nitrogen and oxygen atoms in total. The molecule has 0 radical (unpaired) electrons. The molecule has 1 fully saturated rings. The van der Waals surface area contributed by atoms with Crippen LogP contribution in [-0.2, 0) is 6.18 Å².